The van der Waals surface area contributed by atoms with Crippen LogP contribution in [0.1, 0.15) is 19.3 Å². The SMILES string of the molecule is CS(=O)(=O)C1CCCC1Nc1ccc(O)c(Cl)c1. The summed E-state index contributed by atoms with van der Waals surface area (Å²) in [5, 5.41) is 12.4. The first-order valence-corrected chi connectivity index (χ1v) is 8.15. The maximum absolute atomic E-state index is 11.6. The fourth-order valence-corrected chi connectivity index (χ4v) is 3.99. The van der Waals surface area contributed by atoms with Crippen LogP contribution < -0.4 is 5.32 Å². The molecular formula is C12H16ClNO3S. The molecule has 1 aromatic carbocycles. The van der Waals surface area contributed by atoms with Crippen molar-refractivity contribution < 1.29 is 13.5 Å². The number of phenols is 1. The van der Waals surface area contributed by atoms with E-state index in [0.29, 0.717) is 6.42 Å². The quantitative estimate of drug-likeness (QED) is 0.839. The maximum atomic E-state index is 11.6. The minimum Gasteiger partial charge on any atom is -0.506 e. The van der Waals surface area contributed by atoms with Gasteiger partial charge in [-0.2, -0.15) is 0 Å². The highest BCUT2D eigenvalue weighted by Gasteiger charge is 2.34. The van der Waals surface area contributed by atoms with Crippen molar-refractivity contribution in [1.29, 1.82) is 0 Å². The van der Waals surface area contributed by atoms with Crippen molar-refractivity contribution in [3.8, 4) is 5.75 Å². The second-order valence-electron chi connectivity index (χ2n) is 4.72. The maximum Gasteiger partial charge on any atom is 0.152 e. The average molecular weight is 290 g/mol. The second kappa shape index (κ2) is 4.97. The first-order chi connectivity index (χ1) is 8.38. The number of aromatic hydroxyl groups is 1. The molecule has 1 aliphatic rings. The van der Waals surface area contributed by atoms with Gasteiger partial charge < -0.3 is 10.4 Å². The van der Waals surface area contributed by atoms with Crippen LogP contribution in [0, 0.1) is 0 Å². The third kappa shape index (κ3) is 2.90. The van der Waals surface area contributed by atoms with Gasteiger partial charge in [-0.1, -0.05) is 11.6 Å². The topological polar surface area (TPSA) is 66.4 Å². The van der Waals surface area contributed by atoms with Crippen LogP contribution in [-0.2, 0) is 9.84 Å². The molecule has 100 valence electrons. The Morgan fingerprint density at radius 1 is 1.39 bits per heavy atom. The molecule has 0 heterocycles. The van der Waals surface area contributed by atoms with Crippen molar-refractivity contribution in [2.24, 2.45) is 0 Å². The van der Waals surface area contributed by atoms with Crippen LogP contribution in [0.25, 0.3) is 0 Å². The normalized spacial score (nSPS) is 24.1. The Labute approximate surface area is 112 Å². The number of rotatable bonds is 3. The Hall–Kier alpha value is -0.940. The van der Waals surface area contributed by atoms with Gasteiger partial charge in [0.05, 0.1) is 10.3 Å². The molecule has 0 bridgehead atoms. The van der Waals surface area contributed by atoms with Gasteiger partial charge in [0.15, 0.2) is 9.84 Å². The molecule has 0 radical (unpaired) electrons. The third-order valence-corrected chi connectivity index (χ3v) is 5.27. The number of phenolic OH excluding ortho intramolecular Hbond substituents is 1. The zero-order valence-corrected chi connectivity index (χ0v) is 11.6. The van der Waals surface area contributed by atoms with Crippen molar-refractivity contribution in [3.63, 3.8) is 0 Å². The van der Waals surface area contributed by atoms with E-state index in [4.69, 9.17) is 11.6 Å². The highest BCUT2D eigenvalue weighted by atomic mass is 35.5. The first-order valence-electron chi connectivity index (χ1n) is 5.82. The summed E-state index contributed by atoms with van der Waals surface area (Å²) >= 11 is 5.82. The fraction of sp³-hybridized carbons (Fsp3) is 0.500. The number of anilines is 1. The molecule has 4 nitrogen and oxygen atoms in total. The van der Waals surface area contributed by atoms with E-state index in [9.17, 15) is 13.5 Å². The van der Waals surface area contributed by atoms with Crippen molar-refractivity contribution >= 4 is 27.1 Å². The Morgan fingerprint density at radius 2 is 2.11 bits per heavy atom. The second-order valence-corrected chi connectivity index (χ2v) is 7.39. The first kappa shape index (κ1) is 13.5. The minimum atomic E-state index is -3.03. The third-order valence-electron chi connectivity index (χ3n) is 3.30. The molecule has 6 heteroatoms. The molecule has 1 fully saturated rings. The van der Waals surface area contributed by atoms with E-state index in [2.05, 4.69) is 5.32 Å². The molecule has 2 rings (SSSR count). The molecule has 2 atom stereocenters. The lowest BCUT2D eigenvalue weighted by Crippen LogP contribution is -2.34. The van der Waals surface area contributed by atoms with E-state index in [1.165, 1.54) is 12.3 Å². The predicted molar refractivity (Wildman–Crippen MR) is 73.0 cm³/mol. The summed E-state index contributed by atoms with van der Waals surface area (Å²) < 4.78 is 23.3. The Morgan fingerprint density at radius 3 is 2.72 bits per heavy atom. The van der Waals surface area contributed by atoms with E-state index < -0.39 is 9.84 Å². The molecule has 2 unspecified atom stereocenters. The summed E-state index contributed by atoms with van der Waals surface area (Å²) in [6, 6.07) is 4.71. The van der Waals surface area contributed by atoms with Crippen LogP contribution in [0.4, 0.5) is 5.69 Å². The van der Waals surface area contributed by atoms with Crippen molar-refractivity contribution in [2.75, 3.05) is 11.6 Å². The summed E-state index contributed by atoms with van der Waals surface area (Å²) in [7, 11) is -3.03. The van der Waals surface area contributed by atoms with Gasteiger partial charge in [0, 0.05) is 18.0 Å². The Balaban J connectivity index is 2.16. The van der Waals surface area contributed by atoms with Gasteiger partial charge in [0.25, 0.3) is 0 Å². The number of halogens is 1. The zero-order valence-electron chi connectivity index (χ0n) is 10.1. The van der Waals surface area contributed by atoms with Crippen molar-refractivity contribution in [2.45, 2.75) is 30.6 Å². The van der Waals surface area contributed by atoms with Gasteiger partial charge in [0.2, 0.25) is 0 Å². The highest BCUT2D eigenvalue weighted by molar-refractivity contribution is 7.91. The van der Waals surface area contributed by atoms with Crippen LogP contribution >= 0.6 is 11.6 Å². The Kier molecular flexibility index (Phi) is 3.73. The summed E-state index contributed by atoms with van der Waals surface area (Å²) in [4.78, 5) is 0. The van der Waals surface area contributed by atoms with Gasteiger partial charge in [-0.3, -0.25) is 0 Å². The van der Waals surface area contributed by atoms with E-state index in [-0.39, 0.29) is 22.1 Å². The fourth-order valence-electron chi connectivity index (χ4n) is 2.41. The molecule has 18 heavy (non-hydrogen) atoms. The van der Waals surface area contributed by atoms with Crippen molar-refractivity contribution in [3.05, 3.63) is 23.2 Å². The standard InChI is InChI=1S/C12H16ClNO3S/c1-18(16,17)12-4-2-3-10(12)14-8-5-6-11(15)9(13)7-8/h5-7,10,12,14-15H,2-4H2,1H3. The van der Waals surface area contributed by atoms with Gasteiger partial charge in [-0.15, -0.1) is 0 Å². The molecule has 1 saturated carbocycles. The summed E-state index contributed by atoms with van der Waals surface area (Å²) in [6.45, 7) is 0. The molecule has 0 saturated heterocycles. The lowest BCUT2D eigenvalue weighted by molar-refractivity contribution is 0.475. The predicted octanol–water partition coefficient (Wildman–Crippen LogP) is 2.42. The lowest BCUT2D eigenvalue weighted by Gasteiger charge is -2.20. The molecule has 1 aromatic rings. The number of benzene rings is 1. The van der Waals surface area contributed by atoms with E-state index in [0.717, 1.165) is 18.5 Å². The molecule has 2 N–H and O–H groups in total. The zero-order chi connectivity index (χ0) is 13.3. The number of hydrogen-bond donors (Lipinski definition) is 2. The highest BCUT2D eigenvalue weighted by Crippen LogP contribution is 2.31. The van der Waals surface area contributed by atoms with E-state index >= 15 is 0 Å². The molecular weight excluding hydrogens is 274 g/mol. The number of hydrogen-bond acceptors (Lipinski definition) is 4. The molecule has 1 aliphatic carbocycles. The van der Waals surface area contributed by atoms with E-state index in [1.807, 2.05) is 0 Å². The van der Waals surface area contributed by atoms with Gasteiger partial charge >= 0.3 is 0 Å². The van der Waals surface area contributed by atoms with Crippen LogP contribution in [0.2, 0.25) is 5.02 Å². The van der Waals surface area contributed by atoms with Crippen LogP contribution in [0.3, 0.4) is 0 Å². The van der Waals surface area contributed by atoms with E-state index in [1.54, 1.807) is 12.1 Å². The van der Waals surface area contributed by atoms with Crippen LogP contribution in [-0.4, -0.2) is 31.1 Å². The van der Waals surface area contributed by atoms with Gasteiger partial charge in [-0.05, 0) is 37.5 Å². The largest absolute Gasteiger partial charge is 0.506 e. The molecule has 0 aliphatic heterocycles. The lowest BCUT2D eigenvalue weighted by atomic mass is 10.2. The summed E-state index contributed by atoms with van der Waals surface area (Å²) in [5.41, 5.74) is 0.735. The van der Waals surface area contributed by atoms with Gasteiger partial charge in [-0.25, -0.2) is 8.42 Å². The van der Waals surface area contributed by atoms with Crippen LogP contribution in [0.15, 0.2) is 18.2 Å². The summed E-state index contributed by atoms with van der Waals surface area (Å²) in [5.74, 6) is 0.0216. The van der Waals surface area contributed by atoms with Gasteiger partial charge in [0.1, 0.15) is 5.75 Å². The summed E-state index contributed by atoms with van der Waals surface area (Å²) in [6.07, 6.45) is 3.71. The number of nitrogens with one attached hydrogen (secondary N) is 1. The Bertz CT molecular complexity index is 544. The van der Waals surface area contributed by atoms with Crippen LogP contribution in [0.5, 0.6) is 5.75 Å². The molecule has 0 spiro atoms. The van der Waals surface area contributed by atoms with Crippen molar-refractivity contribution in [1.82, 2.24) is 0 Å². The number of sulfone groups is 1. The molecule has 0 aromatic heterocycles. The monoisotopic (exact) mass is 289 g/mol. The average Bonchev–Trinajstić information content (AvgIpc) is 2.71. The smallest absolute Gasteiger partial charge is 0.152 e. The minimum absolute atomic E-state index is 0.0216. The molecule has 0 amide bonds.